The molecule has 1 fully saturated rings. The van der Waals surface area contributed by atoms with Crippen LogP contribution in [0.2, 0.25) is 0 Å². The zero-order chi connectivity index (χ0) is 15.1. The van der Waals surface area contributed by atoms with Gasteiger partial charge in [0.2, 0.25) is 0 Å². The van der Waals surface area contributed by atoms with Gasteiger partial charge in [-0.2, -0.15) is 0 Å². The Morgan fingerprint density at radius 3 is 2.95 bits per heavy atom. The van der Waals surface area contributed by atoms with E-state index in [9.17, 15) is 4.39 Å². The number of morpholine rings is 1. The number of benzene rings is 1. The van der Waals surface area contributed by atoms with Gasteiger partial charge in [-0.25, -0.2) is 4.39 Å². The van der Waals surface area contributed by atoms with Crippen molar-refractivity contribution in [2.45, 2.75) is 38.8 Å². The average molecular weight is 294 g/mol. The van der Waals surface area contributed by atoms with Crippen LogP contribution in [-0.2, 0) is 4.74 Å². The third-order valence-corrected chi connectivity index (χ3v) is 3.91. The third kappa shape index (κ3) is 4.77. The normalized spacial score (nSPS) is 21.4. The summed E-state index contributed by atoms with van der Waals surface area (Å²) in [6.07, 6.45) is 2.29. The molecule has 21 heavy (non-hydrogen) atoms. The molecule has 0 aliphatic carbocycles. The molecule has 1 aliphatic rings. The van der Waals surface area contributed by atoms with Gasteiger partial charge in [-0.15, -0.1) is 0 Å². The Morgan fingerprint density at radius 1 is 1.38 bits per heavy atom. The second-order valence-electron chi connectivity index (χ2n) is 5.70. The molecule has 2 rings (SSSR count). The van der Waals surface area contributed by atoms with E-state index < -0.39 is 0 Å². The van der Waals surface area contributed by atoms with Gasteiger partial charge in [0.1, 0.15) is 5.82 Å². The van der Waals surface area contributed by atoms with E-state index in [1.54, 1.807) is 12.1 Å². The minimum atomic E-state index is -0.183. The van der Waals surface area contributed by atoms with Crippen LogP contribution in [0.5, 0.6) is 0 Å². The number of hydrogen-bond donors (Lipinski definition) is 1. The summed E-state index contributed by atoms with van der Waals surface area (Å²) in [4.78, 5) is 2.44. The second kappa shape index (κ2) is 8.47. The fourth-order valence-corrected chi connectivity index (χ4v) is 2.92. The van der Waals surface area contributed by atoms with Crippen LogP contribution in [0.3, 0.4) is 0 Å². The molecule has 4 heteroatoms. The van der Waals surface area contributed by atoms with Crippen LogP contribution in [0.25, 0.3) is 0 Å². The van der Waals surface area contributed by atoms with Gasteiger partial charge >= 0.3 is 0 Å². The molecule has 1 N–H and O–H groups in total. The highest BCUT2D eigenvalue weighted by atomic mass is 19.1. The lowest BCUT2D eigenvalue weighted by atomic mass is 9.99. The van der Waals surface area contributed by atoms with Crippen molar-refractivity contribution < 1.29 is 9.13 Å². The molecular weight excluding hydrogens is 267 g/mol. The fraction of sp³-hybridized carbons (Fsp3) is 0.647. The van der Waals surface area contributed by atoms with Crippen molar-refractivity contribution in [3.05, 3.63) is 35.6 Å². The van der Waals surface area contributed by atoms with Gasteiger partial charge in [-0.1, -0.05) is 26.0 Å². The van der Waals surface area contributed by atoms with Gasteiger partial charge in [0.05, 0.1) is 18.8 Å². The Balaban J connectivity index is 2.11. The molecule has 2 atom stereocenters. The molecule has 0 bridgehead atoms. The van der Waals surface area contributed by atoms with Gasteiger partial charge in [0, 0.05) is 13.1 Å². The van der Waals surface area contributed by atoms with E-state index in [1.807, 2.05) is 6.07 Å². The Morgan fingerprint density at radius 2 is 2.24 bits per heavy atom. The number of nitrogens with zero attached hydrogens (tertiary/aromatic N) is 1. The first kappa shape index (κ1) is 16.4. The predicted molar refractivity (Wildman–Crippen MR) is 83.9 cm³/mol. The summed E-state index contributed by atoms with van der Waals surface area (Å²) in [6, 6.07) is 6.93. The van der Waals surface area contributed by atoms with Crippen molar-refractivity contribution in [2.75, 3.05) is 32.8 Å². The molecule has 0 saturated carbocycles. The van der Waals surface area contributed by atoms with E-state index in [4.69, 9.17) is 4.74 Å². The Kier molecular flexibility index (Phi) is 6.61. The summed E-state index contributed by atoms with van der Waals surface area (Å²) in [5.74, 6) is -0.183. The fourth-order valence-electron chi connectivity index (χ4n) is 2.92. The summed E-state index contributed by atoms with van der Waals surface area (Å²) in [5, 5.41) is 3.53. The molecular formula is C17H27FN2O. The minimum Gasteiger partial charge on any atom is -0.374 e. The number of hydrogen-bond acceptors (Lipinski definition) is 3. The van der Waals surface area contributed by atoms with Crippen LogP contribution in [0.15, 0.2) is 24.3 Å². The van der Waals surface area contributed by atoms with Gasteiger partial charge in [0.25, 0.3) is 0 Å². The van der Waals surface area contributed by atoms with E-state index in [1.165, 1.54) is 6.07 Å². The van der Waals surface area contributed by atoms with Crippen molar-refractivity contribution in [3.63, 3.8) is 0 Å². The lowest BCUT2D eigenvalue weighted by molar-refractivity contribution is -0.0470. The van der Waals surface area contributed by atoms with Crippen LogP contribution >= 0.6 is 0 Å². The third-order valence-electron chi connectivity index (χ3n) is 3.91. The number of rotatable bonds is 7. The molecule has 118 valence electrons. The molecule has 0 radical (unpaired) electrons. The first-order valence-corrected chi connectivity index (χ1v) is 8.07. The van der Waals surface area contributed by atoms with Crippen molar-refractivity contribution in [1.29, 1.82) is 0 Å². The highest BCUT2D eigenvalue weighted by Crippen LogP contribution is 2.23. The lowest BCUT2D eigenvalue weighted by Gasteiger charge is -2.37. The van der Waals surface area contributed by atoms with Crippen molar-refractivity contribution in [2.24, 2.45) is 0 Å². The van der Waals surface area contributed by atoms with Gasteiger partial charge < -0.3 is 10.1 Å². The summed E-state index contributed by atoms with van der Waals surface area (Å²) in [6.45, 7) is 9.01. The summed E-state index contributed by atoms with van der Waals surface area (Å²) in [7, 11) is 0. The van der Waals surface area contributed by atoms with Crippen LogP contribution in [0.4, 0.5) is 4.39 Å². The highest BCUT2D eigenvalue weighted by molar-refractivity contribution is 5.21. The smallest absolute Gasteiger partial charge is 0.123 e. The second-order valence-corrected chi connectivity index (χ2v) is 5.70. The molecule has 1 heterocycles. The Labute approximate surface area is 127 Å². The van der Waals surface area contributed by atoms with Gasteiger partial charge in [-0.3, -0.25) is 4.90 Å². The monoisotopic (exact) mass is 294 g/mol. The molecule has 0 spiro atoms. The molecule has 1 aromatic carbocycles. The standard InChI is InChI=1S/C17H27FN2O/c1-3-8-19-17(14-6-5-7-15(18)12-14)16-13-20(9-4-2)10-11-21-16/h5-7,12,16-17,19H,3-4,8-11,13H2,1-2H3. The van der Waals surface area contributed by atoms with E-state index >= 15 is 0 Å². The molecule has 2 unspecified atom stereocenters. The molecule has 0 aromatic heterocycles. The first-order valence-electron chi connectivity index (χ1n) is 8.07. The number of halogens is 1. The Hall–Kier alpha value is -0.970. The zero-order valence-electron chi connectivity index (χ0n) is 13.1. The highest BCUT2D eigenvalue weighted by Gasteiger charge is 2.28. The quantitative estimate of drug-likeness (QED) is 0.837. The minimum absolute atomic E-state index is 0.0558. The van der Waals surface area contributed by atoms with Crippen LogP contribution in [0.1, 0.15) is 38.3 Å². The van der Waals surface area contributed by atoms with Crippen molar-refractivity contribution >= 4 is 0 Å². The summed E-state index contributed by atoms with van der Waals surface area (Å²) in [5.41, 5.74) is 0.979. The lowest BCUT2D eigenvalue weighted by Crippen LogP contribution is -2.48. The van der Waals surface area contributed by atoms with Crippen LogP contribution < -0.4 is 5.32 Å². The van der Waals surface area contributed by atoms with Gasteiger partial charge in [0.15, 0.2) is 0 Å². The van der Waals surface area contributed by atoms with E-state index in [0.717, 1.165) is 51.2 Å². The maximum Gasteiger partial charge on any atom is 0.123 e. The molecule has 1 aliphatic heterocycles. The predicted octanol–water partition coefficient (Wildman–Crippen LogP) is 2.98. The summed E-state index contributed by atoms with van der Waals surface area (Å²) < 4.78 is 19.5. The molecule has 1 saturated heterocycles. The molecule has 0 amide bonds. The zero-order valence-corrected chi connectivity index (χ0v) is 13.1. The van der Waals surface area contributed by atoms with Crippen molar-refractivity contribution in [1.82, 2.24) is 10.2 Å². The maximum atomic E-state index is 13.5. The Bertz CT molecular complexity index is 425. The largest absolute Gasteiger partial charge is 0.374 e. The van der Waals surface area contributed by atoms with Crippen LogP contribution in [-0.4, -0.2) is 43.8 Å². The molecule has 3 nitrogen and oxygen atoms in total. The van der Waals surface area contributed by atoms with E-state index in [-0.39, 0.29) is 18.0 Å². The topological polar surface area (TPSA) is 24.5 Å². The first-order chi connectivity index (χ1) is 10.2. The van der Waals surface area contributed by atoms with Crippen LogP contribution in [0, 0.1) is 5.82 Å². The number of ether oxygens (including phenoxy) is 1. The average Bonchev–Trinajstić information content (AvgIpc) is 2.49. The molecule has 1 aromatic rings. The van der Waals surface area contributed by atoms with E-state index in [2.05, 4.69) is 24.1 Å². The maximum absolute atomic E-state index is 13.5. The number of nitrogens with one attached hydrogen (secondary N) is 1. The van der Waals surface area contributed by atoms with Crippen molar-refractivity contribution in [3.8, 4) is 0 Å². The summed E-state index contributed by atoms with van der Waals surface area (Å²) >= 11 is 0. The van der Waals surface area contributed by atoms with Gasteiger partial charge in [-0.05, 0) is 43.6 Å². The SMILES string of the molecule is CCCNC(c1cccc(F)c1)C1CN(CCC)CCO1. The van der Waals surface area contributed by atoms with E-state index in [0.29, 0.717) is 0 Å².